The number of urea groups is 1. The maximum Gasteiger partial charge on any atom is 0.328 e. The molecule has 5 atom stereocenters. The van der Waals surface area contributed by atoms with Crippen LogP contribution in [-0.4, -0.2) is 47.1 Å². The van der Waals surface area contributed by atoms with E-state index in [4.69, 9.17) is 14.2 Å². The third kappa shape index (κ3) is 9.65. The minimum Gasteiger partial charge on any atom is -0.467 e. The van der Waals surface area contributed by atoms with E-state index in [2.05, 4.69) is 28.6 Å². The third-order valence-electron chi connectivity index (χ3n) is 9.10. The molecule has 0 radical (unpaired) electrons. The lowest BCUT2D eigenvalue weighted by molar-refractivity contribution is -0.268. The van der Waals surface area contributed by atoms with Gasteiger partial charge in [-0.05, 0) is 57.6 Å². The maximum atomic E-state index is 12.9. The number of hydrogen-bond acceptors (Lipinski definition) is 8. The minimum atomic E-state index is -0.818. The number of nitrogens with one attached hydrogen (secondary N) is 2. The van der Waals surface area contributed by atoms with Gasteiger partial charge in [-0.3, -0.25) is 0 Å². The second-order valence-corrected chi connectivity index (χ2v) is 13.8. The van der Waals surface area contributed by atoms with Gasteiger partial charge in [-0.25, -0.2) is 14.6 Å². The molecule has 9 nitrogen and oxygen atoms in total. The topological polar surface area (TPSA) is 119 Å². The van der Waals surface area contributed by atoms with Crippen LogP contribution in [0.15, 0.2) is 133 Å². The van der Waals surface area contributed by atoms with Crippen LogP contribution in [0.25, 0.3) is 11.1 Å². The quantitative estimate of drug-likeness (QED) is 0.0852. The van der Waals surface area contributed by atoms with Crippen LogP contribution in [0, 0.1) is 5.92 Å². The number of aromatic nitrogens is 1. The van der Waals surface area contributed by atoms with Crippen molar-refractivity contribution < 1.29 is 28.9 Å². The number of rotatable bonds is 13. The predicted molar refractivity (Wildman–Crippen MR) is 201 cm³/mol. The van der Waals surface area contributed by atoms with Crippen molar-refractivity contribution in [3.05, 3.63) is 155 Å². The summed E-state index contributed by atoms with van der Waals surface area (Å²) in [5.74, 6) is 0.252. The van der Waals surface area contributed by atoms with Gasteiger partial charge in [0, 0.05) is 36.4 Å². The molecule has 1 aliphatic rings. The summed E-state index contributed by atoms with van der Waals surface area (Å²) in [6.07, 6.45) is 1.16. The number of esters is 1. The zero-order valence-electron chi connectivity index (χ0n) is 29.2. The van der Waals surface area contributed by atoms with Crippen LogP contribution < -0.4 is 10.6 Å². The summed E-state index contributed by atoms with van der Waals surface area (Å²) in [5, 5.41) is 16.2. The molecule has 5 aromatic rings. The Morgan fingerprint density at radius 1 is 0.827 bits per heavy atom. The normalized spacial score (nSPS) is 19.0. The van der Waals surface area contributed by atoms with E-state index in [1.54, 1.807) is 18.0 Å². The lowest BCUT2D eigenvalue weighted by Crippen LogP contribution is -2.47. The fourth-order valence-corrected chi connectivity index (χ4v) is 7.24. The lowest BCUT2D eigenvalue weighted by Gasteiger charge is -2.41. The van der Waals surface area contributed by atoms with Crippen LogP contribution in [0.2, 0.25) is 0 Å². The van der Waals surface area contributed by atoms with Gasteiger partial charge in [0.05, 0.1) is 31.0 Å². The Morgan fingerprint density at radius 2 is 1.56 bits per heavy atom. The summed E-state index contributed by atoms with van der Waals surface area (Å²) in [6.45, 7) is 2.40. The van der Waals surface area contributed by atoms with Gasteiger partial charge in [0.15, 0.2) is 6.29 Å². The Bertz CT molecular complexity index is 1910. The fraction of sp³-hybridized carbons (Fsp3) is 0.262. The fourth-order valence-electron chi connectivity index (χ4n) is 6.21. The lowest BCUT2D eigenvalue weighted by atomic mass is 9.91. The summed E-state index contributed by atoms with van der Waals surface area (Å²) in [5.41, 5.74) is 6.53. The SMILES string of the molecule is COC(=O)[C@H](Cc1ccccc1)NC(=O)NCc1cccc(-c2cccc([C@@H]3O[C@H](CSc4ccccn4)[C@H](C)[C@H](c4ccc(CO)cc4)O3)c2)c1. The summed E-state index contributed by atoms with van der Waals surface area (Å²) in [7, 11) is 1.31. The highest BCUT2D eigenvalue weighted by molar-refractivity contribution is 7.99. The monoisotopic (exact) mass is 717 g/mol. The van der Waals surface area contributed by atoms with E-state index in [1.807, 2.05) is 115 Å². The number of hydrogen-bond donors (Lipinski definition) is 3. The van der Waals surface area contributed by atoms with Gasteiger partial charge in [-0.1, -0.05) is 104 Å². The van der Waals surface area contributed by atoms with Crippen molar-refractivity contribution >= 4 is 23.8 Å². The number of carbonyl (C=O) groups is 2. The first-order chi connectivity index (χ1) is 25.4. The highest BCUT2D eigenvalue weighted by Crippen LogP contribution is 2.43. The van der Waals surface area contributed by atoms with E-state index in [9.17, 15) is 14.7 Å². The van der Waals surface area contributed by atoms with E-state index in [-0.39, 0.29) is 31.3 Å². The molecule has 0 aliphatic carbocycles. The number of carbonyl (C=O) groups excluding carboxylic acids is 2. The molecule has 0 saturated carbocycles. The molecule has 52 heavy (non-hydrogen) atoms. The number of amides is 2. The van der Waals surface area contributed by atoms with Crippen LogP contribution >= 0.6 is 11.8 Å². The molecule has 1 aromatic heterocycles. The van der Waals surface area contributed by atoms with E-state index in [0.29, 0.717) is 12.2 Å². The first-order valence-corrected chi connectivity index (χ1v) is 18.3. The Morgan fingerprint density at radius 3 is 2.29 bits per heavy atom. The first-order valence-electron chi connectivity index (χ1n) is 17.3. The van der Waals surface area contributed by atoms with Gasteiger partial charge in [0.2, 0.25) is 0 Å². The number of pyridine rings is 1. The maximum absolute atomic E-state index is 12.9. The van der Waals surface area contributed by atoms with Crippen molar-refractivity contribution in [1.29, 1.82) is 0 Å². The second-order valence-electron chi connectivity index (χ2n) is 12.7. The predicted octanol–water partition coefficient (Wildman–Crippen LogP) is 7.41. The molecule has 0 spiro atoms. The summed E-state index contributed by atoms with van der Waals surface area (Å²) in [6, 6.07) is 38.1. The Hall–Kier alpha value is -5.00. The highest BCUT2D eigenvalue weighted by atomic mass is 32.2. The van der Waals surface area contributed by atoms with Gasteiger partial charge in [0.25, 0.3) is 0 Å². The molecular weight excluding hydrogens is 675 g/mol. The Balaban J connectivity index is 1.15. The van der Waals surface area contributed by atoms with E-state index < -0.39 is 24.3 Å². The second kappa shape index (κ2) is 18.0. The number of benzene rings is 4. The van der Waals surface area contributed by atoms with Crippen molar-refractivity contribution in [2.75, 3.05) is 12.9 Å². The molecule has 268 valence electrons. The molecule has 2 amide bonds. The van der Waals surface area contributed by atoms with Crippen LogP contribution in [-0.2, 0) is 38.6 Å². The molecule has 3 N–H and O–H groups in total. The van der Waals surface area contributed by atoms with Gasteiger partial charge >= 0.3 is 12.0 Å². The van der Waals surface area contributed by atoms with Crippen molar-refractivity contribution in [2.24, 2.45) is 5.92 Å². The molecule has 1 saturated heterocycles. The molecule has 0 unspecified atom stereocenters. The molecule has 6 rings (SSSR count). The zero-order chi connectivity index (χ0) is 36.3. The third-order valence-corrected chi connectivity index (χ3v) is 10.1. The zero-order valence-corrected chi connectivity index (χ0v) is 30.0. The number of thioether (sulfide) groups is 1. The van der Waals surface area contributed by atoms with Crippen LogP contribution in [0.3, 0.4) is 0 Å². The number of aliphatic hydroxyl groups excluding tert-OH is 1. The van der Waals surface area contributed by atoms with Gasteiger partial charge in [-0.2, -0.15) is 0 Å². The average Bonchev–Trinajstić information content (AvgIpc) is 3.20. The molecule has 2 heterocycles. The van der Waals surface area contributed by atoms with Crippen molar-refractivity contribution in [1.82, 2.24) is 15.6 Å². The van der Waals surface area contributed by atoms with E-state index >= 15 is 0 Å². The molecule has 4 aromatic carbocycles. The standard InChI is InChI=1S/C42H43N3O6S/c1-28-37(27-52-38-16-6-7-21-43-38)50-41(51-39(28)32-19-17-30(26-46)18-20-32)35-15-9-14-34(24-35)33-13-8-12-31(22-33)25-44-42(48)45-36(40(47)49-2)23-29-10-4-3-5-11-29/h3-22,24,28,36-37,39,41,46H,23,25-27H2,1-2H3,(H2,44,45,48)/t28-,36-,37+,39+,41+/m0/s1. The molecular formula is C42H43N3O6S. The van der Waals surface area contributed by atoms with E-state index in [1.165, 1.54) is 7.11 Å². The summed E-state index contributed by atoms with van der Waals surface area (Å²) < 4.78 is 18.3. The minimum absolute atomic E-state index is 0.0156. The number of ether oxygens (including phenoxy) is 3. The number of aliphatic hydroxyl groups is 1. The summed E-state index contributed by atoms with van der Waals surface area (Å²) in [4.78, 5) is 29.8. The van der Waals surface area contributed by atoms with Gasteiger partial charge in [-0.15, -0.1) is 11.8 Å². The van der Waals surface area contributed by atoms with Crippen molar-refractivity contribution in [2.45, 2.75) is 56.1 Å². The molecule has 0 bridgehead atoms. The largest absolute Gasteiger partial charge is 0.467 e. The number of methoxy groups -OCH3 is 1. The van der Waals surface area contributed by atoms with Crippen molar-refractivity contribution in [3.8, 4) is 11.1 Å². The smallest absolute Gasteiger partial charge is 0.328 e. The Kier molecular flexibility index (Phi) is 12.7. The van der Waals surface area contributed by atoms with Crippen molar-refractivity contribution in [3.63, 3.8) is 0 Å². The Labute approximate surface area is 308 Å². The van der Waals surface area contributed by atoms with Gasteiger partial charge < -0.3 is 30.0 Å². The molecule has 1 aliphatic heterocycles. The number of nitrogens with zero attached hydrogens (tertiary/aromatic N) is 1. The molecule has 10 heteroatoms. The van der Waals surface area contributed by atoms with Gasteiger partial charge in [0.1, 0.15) is 6.04 Å². The van der Waals surface area contributed by atoms with Crippen LogP contribution in [0.4, 0.5) is 4.79 Å². The first kappa shape index (κ1) is 36.8. The summed E-state index contributed by atoms with van der Waals surface area (Å²) >= 11 is 1.66. The highest BCUT2D eigenvalue weighted by Gasteiger charge is 2.38. The molecule has 1 fully saturated rings. The van der Waals surface area contributed by atoms with E-state index in [0.717, 1.165) is 44.0 Å². The van der Waals surface area contributed by atoms with Crippen LogP contribution in [0.1, 0.15) is 47.1 Å². The van der Waals surface area contributed by atoms with Crippen LogP contribution in [0.5, 0.6) is 0 Å². The average molecular weight is 718 g/mol.